The average Bonchev–Trinajstić information content (AvgIpc) is 3.39. The van der Waals surface area contributed by atoms with Crippen LogP contribution in [0.3, 0.4) is 0 Å². The number of hydrogen-bond acceptors (Lipinski definition) is 3. The molecule has 1 aromatic carbocycles. The van der Waals surface area contributed by atoms with Crippen molar-refractivity contribution in [3.05, 3.63) is 63.7 Å². The van der Waals surface area contributed by atoms with Crippen LogP contribution in [0, 0.1) is 6.92 Å². The summed E-state index contributed by atoms with van der Waals surface area (Å²) >= 11 is 6.11. The predicted molar refractivity (Wildman–Crippen MR) is 108 cm³/mol. The molecule has 0 bridgehead atoms. The first-order valence-electron chi connectivity index (χ1n) is 9.83. The maximum Gasteiger partial charge on any atom is 0.289 e. The van der Waals surface area contributed by atoms with Crippen molar-refractivity contribution in [2.75, 3.05) is 13.1 Å². The monoisotopic (exact) mass is 395 g/mol. The van der Waals surface area contributed by atoms with Crippen LogP contribution in [-0.2, 0) is 19.4 Å². The van der Waals surface area contributed by atoms with E-state index in [0.717, 1.165) is 71.9 Å². The molecule has 0 spiro atoms. The van der Waals surface area contributed by atoms with Crippen molar-refractivity contribution in [3.63, 3.8) is 0 Å². The highest BCUT2D eigenvalue weighted by Crippen LogP contribution is 2.39. The molecule has 0 unspecified atom stereocenters. The fraction of sp³-hybridized carbons (Fsp3) is 0.364. The molecule has 0 N–H and O–H groups in total. The molecular formula is C22H22ClN3O2. The number of carbonyl (C=O) groups excluding carboxylic acids is 1. The van der Waals surface area contributed by atoms with Crippen LogP contribution in [0.5, 0.6) is 0 Å². The minimum atomic E-state index is 0.0179. The Hall–Kier alpha value is -2.53. The number of fused-ring (bicyclic) bond motifs is 3. The first-order chi connectivity index (χ1) is 13.6. The number of aromatic nitrogens is 2. The number of halogens is 1. The second-order valence-corrected chi connectivity index (χ2v) is 8.12. The summed E-state index contributed by atoms with van der Waals surface area (Å²) in [5.74, 6) is 1.40. The van der Waals surface area contributed by atoms with E-state index in [9.17, 15) is 4.79 Å². The van der Waals surface area contributed by atoms with Gasteiger partial charge in [0.05, 0.1) is 12.2 Å². The second kappa shape index (κ2) is 6.82. The highest BCUT2D eigenvalue weighted by Gasteiger charge is 2.32. The van der Waals surface area contributed by atoms with E-state index in [4.69, 9.17) is 21.1 Å². The molecule has 6 heteroatoms. The van der Waals surface area contributed by atoms with Gasteiger partial charge in [0.15, 0.2) is 5.76 Å². The van der Waals surface area contributed by atoms with Gasteiger partial charge in [-0.3, -0.25) is 9.48 Å². The summed E-state index contributed by atoms with van der Waals surface area (Å²) in [5.41, 5.74) is 5.19. The molecule has 0 atom stereocenters. The van der Waals surface area contributed by atoms with Gasteiger partial charge in [0.1, 0.15) is 5.76 Å². The van der Waals surface area contributed by atoms with E-state index in [1.54, 1.807) is 0 Å². The molecule has 28 heavy (non-hydrogen) atoms. The molecule has 2 aliphatic rings. The number of aryl methyl sites for hydroxylation is 2. The number of benzene rings is 1. The molecule has 5 nitrogen and oxygen atoms in total. The Morgan fingerprint density at radius 1 is 1.25 bits per heavy atom. The van der Waals surface area contributed by atoms with E-state index in [2.05, 4.69) is 6.20 Å². The zero-order valence-electron chi connectivity index (χ0n) is 15.9. The van der Waals surface area contributed by atoms with Crippen LogP contribution in [0.2, 0.25) is 5.02 Å². The third-order valence-electron chi connectivity index (χ3n) is 5.74. The van der Waals surface area contributed by atoms with E-state index in [1.165, 1.54) is 5.56 Å². The van der Waals surface area contributed by atoms with E-state index < -0.39 is 0 Å². The van der Waals surface area contributed by atoms with Crippen molar-refractivity contribution in [3.8, 4) is 11.3 Å². The zero-order chi connectivity index (χ0) is 19.3. The van der Waals surface area contributed by atoms with Crippen molar-refractivity contribution < 1.29 is 9.21 Å². The minimum absolute atomic E-state index is 0.0179. The Balaban J connectivity index is 1.49. The van der Waals surface area contributed by atoms with Crippen LogP contribution in [0.1, 0.15) is 45.8 Å². The SMILES string of the molecule is Cc1c(C(=O)N2CCCC2)oc2c1-c1nn(Cc3cccc(Cl)c3)cc1CC2. The van der Waals surface area contributed by atoms with E-state index in [1.807, 2.05) is 40.8 Å². The summed E-state index contributed by atoms with van der Waals surface area (Å²) in [7, 11) is 0. The summed E-state index contributed by atoms with van der Waals surface area (Å²) in [5, 5.41) is 5.57. The van der Waals surface area contributed by atoms with E-state index >= 15 is 0 Å². The maximum atomic E-state index is 12.9. The molecule has 5 rings (SSSR count). The molecule has 1 saturated heterocycles. The average molecular weight is 396 g/mol. The van der Waals surface area contributed by atoms with E-state index in [0.29, 0.717) is 12.3 Å². The molecule has 0 saturated carbocycles. The lowest BCUT2D eigenvalue weighted by Gasteiger charge is -2.13. The first kappa shape index (κ1) is 17.6. The van der Waals surface area contributed by atoms with Gasteiger partial charge in [0.25, 0.3) is 5.91 Å². The van der Waals surface area contributed by atoms with Gasteiger partial charge in [0.2, 0.25) is 0 Å². The smallest absolute Gasteiger partial charge is 0.289 e. The molecule has 0 radical (unpaired) electrons. The number of amides is 1. The Bertz CT molecular complexity index is 1060. The molecule has 1 amide bonds. The fourth-order valence-corrected chi connectivity index (χ4v) is 4.55. The molecule has 3 heterocycles. The molecule has 1 aliphatic heterocycles. The lowest BCUT2D eigenvalue weighted by molar-refractivity contribution is 0.0758. The van der Waals surface area contributed by atoms with Crippen molar-refractivity contribution in [2.45, 2.75) is 39.2 Å². The van der Waals surface area contributed by atoms with Gasteiger partial charge in [-0.05, 0) is 49.4 Å². The Labute approximate surface area is 168 Å². The normalized spacial score (nSPS) is 15.6. The minimum Gasteiger partial charge on any atom is -0.455 e. The van der Waals surface area contributed by atoms with Gasteiger partial charge in [-0.25, -0.2) is 0 Å². The van der Waals surface area contributed by atoms with Crippen LogP contribution in [-0.4, -0.2) is 33.7 Å². The van der Waals surface area contributed by atoms with Gasteiger partial charge in [0, 0.05) is 41.9 Å². The van der Waals surface area contributed by atoms with Crippen LogP contribution >= 0.6 is 11.6 Å². The third-order valence-corrected chi connectivity index (χ3v) is 5.97. The summed E-state index contributed by atoms with van der Waals surface area (Å²) < 4.78 is 8.01. The molecule has 3 aromatic rings. The van der Waals surface area contributed by atoms with Crippen LogP contribution in [0.15, 0.2) is 34.9 Å². The van der Waals surface area contributed by atoms with Crippen LogP contribution < -0.4 is 0 Å². The summed E-state index contributed by atoms with van der Waals surface area (Å²) in [4.78, 5) is 14.8. The number of rotatable bonds is 3. The largest absolute Gasteiger partial charge is 0.455 e. The molecular weight excluding hydrogens is 374 g/mol. The number of furan rings is 1. The lowest BCUT2D eigenvalue weighted by Crippen LogP contribution is -2.27. The summed E-state index contributed by atoms with van der Waals surface area (Å²) in [6.45, 7) is 4.29. The third kappa shape index (κ3) is 2.94. The van der Waals surface area contributed by atoms with Crippen molar-refractivity contribution in [1.29, 1.82) is 0 Å². The number of nitrogens with zero attached hydrogens (tertiary/aromatic N) is 3. The van der Waals surface area contributed by atoms with Gasteiger partial charge in [-0.15, -0.1) is 0 Å². The second-order valence-electron chi connectivity index (χ2n) is 7.68. The van der Waals surface area contributed by atoms with E-state index in [-0.39, 0.29) is 5.91 Å². The maximum absolute atomic E-state index is 12.9. The van der Waals surface area contributed by atoms with Gasteiger partial charge >= 0.3 is 0 Å². The van der Waals surface area contributed by atoms with Crippen LogP contribution in [0.25, 0.3) is 11.3 Å². The predicted octanol–water partition coefficient (Wildman–Crippen LogP) is 4.49. The highest BCUT2D eigenvalue weighted by atomic mass is 35.5. The fourth-order valence-electron chi connectivity index (χ4n) is 4.33. The van der Waals surface area contributed by atoms with Gasteiger partial charge < -0.3 is 9.32 Å². The van der Waals surface area contributed by atoms with Gasteiger partial charge in [-0.2, -0.15) is 5.10 Å². The molecule has 2 aromatic heterocycles. The number of hydrogen-bond donors (Lipinski definition) is 0. The Morgan fingerprint density at radius 3 is 2.86 bits per heavy atom. The van der Waals surface area contributed by atoms with Crippen molar-refractivity contribution >= 4 is 17.5 Å². The first-order valence-corrected chi connectivity index (χ1v) is 10.2. The Kier molecular flexibility index (Phi) is 4.27. The topological polar surface area (TPSA) is 51.3 Å². The number of likely N-dealkylation sites (tertiary alicyclic amines) is 1. The molecule has 144 valence electrons. The standard InChI is InChI=1S/C22H22ClN3O2/c1-14-19-18(28-21(14)22(27)25-9-2-3-10-25)8-7-16-13-26(24-20(16)19)12-15-5-4-6-17(23)11-15/h4-6,11,13H,2-3,7-10,12H2,1H3. The Morgan fingerprint density at radius 2 is 2.07 bits per heavy atom. The van der Waals surface area contributed by atoms with Crippen molar-refractivity contribution in [2.24, 2.45) is 0 Å². The summed E-state index contributed by atoms with van der Waals surface area (Å²) in [6.07, 6.45) is 5.93. The quantitative estimate of drug-likeness (QED) is 0.656. The lowest BCUT2D eigenvalue weighted by atomic mass is 9.93. The summed E-state index contributed by atoms with van der Waals surface area (Å²) in [6, 6.07) is 7.84. The van der Waals surface area contributed by atoms with Gasteiger partial charge in [-0.1, -0.05) is 23.7 Å². The van der Waals surface area contributed by atoms with Crippen molar-refractivity contribution in [1.82, 2.24) is 14.7 Å². The highest BCUT2D eigenvalue weighted by molar-refractivity contribution is 6.30. The van der Waals surface area contributed by atoms with Crippen LogP contribution in [0.4, 0.5) is 0 Å². The number of carbonyl (C=O) groups is 1. The zero-order valence-corrected chi connectivity index (χ0v) is 16.6. The molecule has 1 aliphatic carbocycles. The molecule has 1 fully saturated rings.